The number of aryl methyl sites for hydroxylation is 1. The van der Waals surface area contributed by atoms with Crippen LogP contribution < -0.4 is 10.2 Å². The van der Waals surface area contributed by atoms with E-state index >= 15 is 0 Å². The third-order valence-electron chi connectivity index (χ3n) is 4.40. The first-order valence-corrected chi connectivity index (χ1v) is 8.30. The molecule has 4 rings (SSSR count). The van der Waals surface area contributed by atoms with E-state index in [-0.39, 0.29) is 12.0 Å². The summed E-state index contributed by atoms with van der Waals surface area (Å²) in [4.78, 5) is 11.8. The zero-order valence-corrected chi connectivity index (χ0v) is 14.3. The van der Waals surface area contributed by atoms with Gasteiger partial charge in [-0.2, -0.15) is 0 Å². The Morgan fingerprint density at radius 2 is 1.88 bits per heavy atom. The lowest BCUT2D eigenvalue weighted by atomic mass is 9.91. The van der Waals surface area contributed by atoms with Crippen LogP contribution in [0.25, 0.3) is 33.4 Å². The number of terminal acetylenes is 1. The van der Waals surface area contributed by atoms with Gasteiger partial charge in [0.25, 0.3) is 0 Å². The average Bonchev–Trinajstić information content (AvgIpc) is 2.65. The Labute approximate surface area is 151 Å². The molecule has 2 aliphatic rings. The van der Waals surface area contributed by atoms with Gasteiger partial charge in [-0.15, -0.1) is 6.42 Å². The van der Waals surface area contributed by atoms with Gasteiger partial charge >= 0.3 is 0 Å². The molecule has 0 saturated carbocycles. The Kier molecular flexibility index (Phi) is 3.95. The molecule has 0 spiro atoms. The van der Waals surface area contributed by atoms with Crippen molar-refractivity contribution >= 4 is 11.0 Å². The Hall–Kier alpha value is -3.51. The topological polar surface area (TPSA) is 39.4 Å². The molecule has 0 unspecified atom stereocenters. The average molecular weight is 340 g/mol. The van der Waals surface area contributed by atoms with Gasteiger partial charge in [-0.1, -0.05) is 30.2 Å². The second-order valence-corrected chi connectivity index (χ2v) is 6.10. The molecular formula is C23H16O3. The van der Waals surface area contributed by atoms with Crippen LogP contribution in [0.2, 0.25) is 0 Å². The molecule has 0 atom stereocenters. The van der Waals surface area contributed by atoms with Crippen molar-refractivity contribution in [2.75, 3.05) is 6.61 Å². The second kappa shape index (κ2) is 6.42. The minimum Gasteiger partial charge on any atom is -0.481 e. The molecule has 0 aromatic heterocycles. The van der Waals surface area contributed by atoms with E-state index in [9.17, 15) is 4.79 Å². The van der Waals surface area contributed by atoms with Gasteiger partial charge < -0.3 is 9.15 Å². The van der Waals surface area contributed by atoms with Crippen molar-refractivity contribution in [3.63, 3.8) is 0 Å². The summed E-state index contributed by atoms with van der Waals surface area (Å²) in [6, 6.07) is 18.7. The molecule has 3 nitrogen and oxygen atoms in total. The summed E-state index contributed by atoms with van der Waals surface area (Å²) in [6.45, 7) is 2.26. The van der Waals surface area contributed by atoms with E-state index in [1.165, 1.54) is 6.07 Å². The van der Waals surface area contributed by atoms with Gasteiger partial charge in [-0.05, 0) is 42.3 Å². The lowest BCUT2D eigenvalue weighted by Gasteiger charge is -2.17. The van der Waals surface area contributed by atoms with Crippen molar-refractivity contribution in [3.8, 4) is 40.5 Å². The molecular weight excluding hydrogens is 324 g/mol. The van der Waals surface area contributed by atoms with Crippen LogP contribution in [0.15, 0.2) is 69.9 Å². The lowest BCUT2D eigenvalue weighted by molar-refractivity contribution is 0.370. The van der Waals surface area contributed by atoms with E-state index in [0.29, 0.717) is 17.1 Å². The first-order chi connectivity index (χ1) is 12.7. The molecule has 0 fully saturated rings. The van der Waals surface area contributed by atoms with Crippen LogP contribution >= 0.6 is 0 Å². The third-order valence-corrected chi connectivity index (χ3v) is 4.40. The van der Waals surface area contributed by atoms with E-state index < -0.39 is 0 Å². The summed E-state index contributed by atoms with van der Waals surface area (Å²) in [7, 11) is 0. The molecule has 0 N–H and O–H groups in total. The zero-order valence-electron chi connectivity index (χ0n) is 14.3. The van der Waals surface area contributed by atoms with E-state index in [4.69, 9.17) is 15.6 Å². The van der Waals surface area contributed by atoms with Crippen molar-refractivity contribution in [2.45, 2.75) is 6.92 Å². The number of fused-ring (bicyclic) bond motifs is 2. The summed E-state index contributed by atoms with van der Waals surface area (Å²) in [5.41, 5.74) is 4.77. The Morgan fingerprint density at radius 3 is 2.69 bits per heavy atom. The number of ether oxygens (including phenoxy) is 1. The predicted molar refractivity (Wildman–Crippen MR) is 104 cm³/mol. The van der Waals surface area contributed by atoms with Crippen LogP contribution in [0, 0.1) is 19.3 Å². The summed E-state index contributed by atoms with van der Waals surface area (Å²) in [6.07, 6.45) is 5.26. The first-order valence-electron chi connectivity index (χ1n) is 8.30. The largest absolute Gasteiger partial charge is 0.481 e. The zero-order chi connectivity index (χ0) is 18.1. The highest BCUT2D eigenvalue weighted by Crippen LogP contribution is 2.41. The van der Waals surface area contributed by atoms with Crippen molar-refractivity contribution in [1.82, 2.24) is 0 Å². The van der Waals surface area contributed by atoms with E-state index in [2.05, 4.69) is 25.0 Å². The van der Waals surface area contributed by atoms with Crippen LogP contribution in [-0.4, -0.2) is 6.61 Å². The van der Waals surface area contributed by atoms with Crippen LogP contribution in [0.1, 0.15) is 5.56 Å². The highest BCUT2D eigenvalue weighted by atomic mass is 16.5. The number of hydrogen-bond donors (Lipinski definition) is 0. The van der Waals surface area contributed by atoms with Crippen molar-refractivity contribution < 1.29 is 9.15 Å². The number of rotatable bonds is 3. The second-order valence-electron chi connectivity index (χ2n) is 6.10. The fraction of sp³-hybridized carbons (Fsp3) is 0.0870. The molecule has 1 aliphatic heterocycles. The minimum atomic E-state index is -0.0870. The molecule has 1 heterocycles. The fourth-order valence-electron chi connectivity index (χ4n) is 3.21. The van der Waals surface area contributed by atoms with Gasteiger partial charge in [0.2, 0.25) is 0 Å². The maximum Gasteiger partial charge on any atom is 0.182 e. The maximum absolute atomic E-state index is 11.8. The van der Waals surface area contributed by atoms with Gasteiger partial charge in [0.1, 0.15) is 23.7 Å². The molecule has 26 heavy (non-hydrogen) atoms. The molecule has 2 aromatic carbocycles. The monoisotopic (exact) mass is 340 g/mol. The van der Waals surface area contributed by atoms with Crippen LogP contribution in [-0.2, 0) is 0 Å². The van der Waals surface area contributed by atoms with Crippen molar-refractivity contribution in [2.24, 2.45) is 0 Å². The molecule has 0 bridgehead atoms. The van der Waals surface area contributed by atoms with Crippen molar-refractivity contribution in [3.05, 3.63) is 76.5 Å². The SMILES string of the molecule is C#CCOc1ccc2c(-c3ccccc3C)c3ccc(=O)cc-3oc2c1. The Balaban J connectivity index is 2.08. The van der Waals surface area contributed by atoms with Gasteiger partial charge in [-0.25, -0.2) is 0 Å². The summed E-state index contributed by atoms with van der Waals surface area (Å²) < 4.78 is 11.5. The lowest BCUT2D eigenvalue weighted by Crippen LogP contribution is -2.00. The van der Waals surface area contributed by atoms with E-state index in [1.807, 2.05) is 36.4 Å². The Morgan fingerprint density at radius 1 is 1.04 bits per heavy atom. The Bertz CT molecular complexity index is 1180. The van der Waals surface area contributed by atoms with Crippen molar-refractivity contribution in [1.29, 1.82) is 0 Å². The smallest absolute Gasteiger partial charge is 0.182 e. The molecule has 3 heteroatoms. The molecule has 0 saturated heterocycles. The van der Waals surface area contributed by atoms with E-state index in [1.54, 1.807) is 6.07 Å². The molecule has 2 aromatic rings. The van der Waals surface area contributed by atoms with Crippen LogP contribution in [0.5, 0.6) is 5.75 Å². The summed E-state index contributed by atoms with van der Waals surface area (Å²) in [5, 5.41) is 0.957. The molecule has 126 valence electrons. The first kappa shape index (κ1) is 16.0. The van der Waals surface area contributed by atoms with Gasteiger partial charge in [-0.3, -0.25) is 4.79 Å². The van der Waals surface area contributed by atoms with Crippen LogP contribution in [0.4, 0.5) is 0 Å². The maximum atomic E-state index is 11.8. The third kappa shape index (κ3) is 2.72. The standard InChI is InChI=1S/C23H16O3/c1-3-12-25-17-9-11-20-22(14-17)26-21-13-16(24)8-10-19(21)23(20)18-7-5-4-6-15(18)2/h1,4-11,13-14H,12H2,2H3. The summed E-state index contributed by atoms with van der Waals surface area (Å²) >= 11 is 0. The minimum absolute atomic E-state index is 0.0870. The molecule has 0 radical (unpaired) electrons. The predicted octanol–water partition coefficient (Wildman–Crippen LogP) is 4.89. The fourth-order valence-corrected chi connectivity index (χ4v) is 3.21. The normalized spacial score (nSPS) is 10.8. The molecule has 0 amide bonds. The quantitative estimate of drug-likeness (QED) is 0.394. The number of benzene rings is 3. The number of hydrogen-bond acceptors (Lipinski definition) is 3. The van der Waals surface area contributed by atoms with Crippen LogP contribution in [0.3, 0.4) is 0 Å². The summed E-state index contributed by atoms with van der Waals surface area (Å²) in [5.74, 6) is 3.64. The van der Waals surface area contributed by atoms with Gasteiger partial charge in [0.05, 0.1) is 0 Å². The van der Waals surface area contributed by atoms with E-state index in [0.717, 1.165) is 27.6 Å². The molecule has 1 aliphatic carbocycles. The highest BCUT2D eigenvalue weighted by Gasteiger charge is 2.18. The van der Waals surface area contributed by atoms with Gasteiger partial charge in [0.15, 0.2) is 5.43 Å². The highest BCUT2D eigenvalue weighted by molar-refractivity contribution is 6.02. The van der Waals surface area contributed by atoms with Gasteiger partial charge in [0, 0.05) is 28.6 Å².